The number of carbonyl (C=O) groups excluding carboxylic acids is 1. The third-order valence-corrected chi connectivity index (χ3v) is 5.54. The quantitative estimate of drug-likeness (QED) is 0.677. The Morgan fingerprint density at radius 2 is 2.05 bits per heavy atom. The second kappa shape index (κ2) is 6.43. The molecule has 100 valence electrons. The number of carbonyl (C=O) groups is 1. The number of hydrogen-bond donors (Lipinski definition) is 1. The van der Waals surface area contributed by atoms with Gasteiger partial charge in [0.2, 0.25) is 0 Å². The Morgan fingerprint density at radius 1 is 1.32 bits per heavy atom. The van der Waals surface area contributed by atoms with Crippen LogP contribution in [0.15, 0.2) is 30.3 Å². The summed E-state index contributed by atoms with van der Waals surface area (Å²) in [5.74, 6) is -0.143. The Hall–Kier alpha value is -0.300. The first-order chi connectivity index (χ1) is 8.97. The molecule has 2 nitrogen and oxygen atoms in total. The molecule has 1 unspecified atom stereocenters. The van der Waals surface area contributed by atoms with Gasteiger partial charge in [-0.2, -0.15) is 0 Å². The van der Waals surface area contributed by atoms with E-state index in [1.807, 2.05) is 25.1 Å². The van der Waals surface area contributed by atoms with Gasteiger partial charge in [-0.1, -0.05) is 23.2 Å². The number of thiophene rings is 1. The Bertz CT molecular complexity index is 614. The SMILES string of the molecule is CC(NC(=O)c1ccc(I)c(Cl)c1)c1ccc(Cl)s1. The van der Waals surface area contributed by atoms with E-state index in [4.69, 9.17) is 23.2 Å². The summed E-state index contributed by atoms with van der Waals surface area (Å²) in [4.78, 5) is 13.1. The van der Waals surface area contributed by atoms with Crippen LogP contribution in [0.1, 0.15) is 28.2 Å². The van der Waals surface area contributed by atoms with Crippen LogP contribution >= 0.6 is 57.1 Å². The number of nitrogens with one attached hydrogen (secondary N) is 1. The summed E-state index contributed by atoms with van der Waals surface area (Å²) in [6.07, 6.45) is 0. The molecule has 0 fully saturated rings. The van der Waals surface area contributed by atoms with Gasteiger partial charge in [0.15, 0.2) is 0 Å². The summed E-state index contributed by atoms with van der Waals surface area (Å²) in [6.45, 7) is 1.92. The average Bonchev–Trinajstić information content (AvgIpc) is 2.79. The molecule has 0 radical (unpaired) electrons. The van der Waals surface area contributed by atoms with E-state index in [1.165, 1.54) is 11.3 Å². The lowest BCUT2D eigenvalue weighted by Gasteiger charge is -2.12. The van der Waals surface area contributed by atoms with E-state index in [0.29, 0.717) is 14.9 Å². The molecule has 1 aromatic carbocycles. The lowest BCUT2D eigenvalue weighted by molar-refractivity contribution is 0.0940. The molecule has 2 rings (SSSR count). The van der Waals surface area contributed by atoms with Crippen molar-refractivity contribution in [3.8, 4) is 0 Å². The highest BCUT2D eigenvalue weighted by molar-refractivity contribution is 14.1. The van der Waals surface area contributed by atoms with Crippen LogP contribution in [-0.2, 0) is 0 Å². The highest BCUT2D eigenvalue weighted by Gasteiger charge is 2.13. The molecule has 0 aliphatic rings. The van der Waals surface area contributed by atoms with E-state index in [-0.39, 0.29) is 11.9 Å². The Balaban J connectivity index is 2.10. The normalized spacial score (nSPS) is 12.2. The molecule has 1 aromatic heterocycles. The fourth-order valence-electron chi connectivity index (χ4n) is 1.55. The molecule has 1 atom stereocenters. The van der Waals surface area contributed by atoms with Crippen molar-refractivity contribution in [2.24, 2.45) is 0 Å². The maximum absolute atomic E-state index is 12.1. The fraction of sp³-hybridized carbons (Fsp3) is 0.154. The third kappa shape index (κ3) is 3.84. The number of hydrogen-bond acceptors (Lipinski definition) is 2. The van der Waals surface area contributed by atoms with Gasteiger partial charge in [0.05, 0.1) is 15.4 Å². The van der Waals surface area contributed by atoms with Crippen molar-refractivity contribution in [1.82, 2.24) is 5.32 Å². The molecule has 1 N–H and O–H groups in total. The van der Waals surface area contributed by atoms with Crippen molar-refractivity contribution in [1.29, 1.82) is 0 Å². The molecule has 1 amide bonds. The molecular formula is C13H10Cl2INOS. The van der Waals surface area contributed by atoms with Crippen LogP contribution in [-0.4, -0.2) is 5.91 Å². The van der Waals surface area contributed by atoms with Crippen molar-refractivity contribution >= 4 is 63.0 Å². The summed E-state index contributed by atoms with van der Waals surface area (Å²) in [5.41, 5.74) is 0.555. The molecule has 6 heteroatoms. The van der Waals surface area contributed by atoms with E-state index in [9.17, 15) is 4.79 Å². The first-order valence-corrected chi connectivity index (χ1v) is 8.13. The number of rotatable bonds is 3. The zero-order valence-electron chi connectivity index (χ0n) is 9.91. The van der Waals surface area contributed by atoms with Crippen LogP contribution in [0.5, 0.6) is 0 Å². The Morgan fingerprint density at radius 3 is 2.63 bits per heavy atom. The first kappa shape index (κ1) is 15.1. The lowest BCUT2D eigenvalue weighted by atomic mass is 10.2. The van der Waals surface area contributed by atoms with Crippen molar-refractivity contribution in [3.63, 3.8) is 0 Å². The molecule has 2 aromatic rings. The van der Waals surface area contributed by atoms with Crippen LogP contribution in [0.4, 0.5) is 0 Å². The summed E-state index contributed by atoms with van der Waals surface area (Å²) in [5, 5.41) is 3.51. The second-order valence-corrected chi connectivity index (χ2v) is 7.28. The average molecular weight is 426 g/mol. The maximum Gasteiger partial charge on any atom is 0.251 e. The van der Waals surface area contributed by atoms with Gasteiger partial charge in [-0.3, -0.25) is 4.79 Å². The molecule has 0 bridgehead atoms. The van der Waals surface area contributed by atoms with E-state index in [1.54, 1.807) is 12.1 Å². The van der Waals surface area contributed by atoms with E-state index >= 15 is 0 Å². The number of amides is 1. The van der Waals surface area contributed by atoms with Crippen molar-refractivity contribution in [2.75, 3.05) is 0 Å². The smallest absolute Gasteiger partial charge is 0.251 e. The van der Waals surface area contributed by atoms with Crippen molar-refractivity contribution in [3.05, 3.63) is 53.7 Å². The number of halogens is 3. The number of benzene rings is 1. The van der Waals surface area contributed by atoms with Crippen LogP contribution in [0.3, 0.4) is 0 Å². The fourth-order valence-corrected chi connectivity index (χ4v) is 3.13. The molecule has 0 saturated carbocycles. The van der Waals surface area contributed by atoms with Gasteiger partial charge in [-0.15, -0.1) is 11.3 Å². The topological polar surface area (TPSA) is 29.1 Å². The minimum atomic E-state index is -0.143. The zero-order valence-corrected chi connectivity index (χ0v) is 14.4. The van der Waals surface area contributed by atoms with E-state index < -0.39 is 0 Å². The minimum Gasteiger partial charge on any atom is -0.345 e. The largest absolute Gasteiger partial charge is 0.345 e. The third-order valence-electron chi connectivity index (χ3n) is 2.55. The van der Waals surface area contributed by atoms with Crippen molar-refractivity contribution in [2.45, 2.75) is 13.0 Å². The van der Waals surface area contributed by atoms with E-state index in [2.05, 4.69) is 27.9 Å². The van der Waals surface area contributed by atoms with Gasteiger partial charge in [-0.25, -0.2) is 0 Å². The highest BCUT2D eigenvalue weighted by Crippen LogP contribution is 2.27. The molecule has 0 aliphatic heterocycles. The summed E-state index contributed by atoms with van der Waals surface area (Å²) >= 11 is 15.5. The van der Waals surface area contributed by atoms with Crippen LogP contribution < -0.4 is 5.32 Å². The molecule has 1 heterocycles. The monoisotopic (exact) mass is 425 g/mol. The maximum atomic E-state index is 12.1. The molecule has 0 spiro atoms. The van der Waals surface area contributed by atoms with Gasteiger partial charge in [0.25, 0.3) is 5.91 Å². The Labute approximate surface area is 139 Å². The van der Waals surface area contributed by atoms with Crippen LogP contribution in [0.2, 0.25) is 9.36 Å². The van der Waals surface area contributed by atoms with Gasteiger partial charge in [0.1, 0.15) is 0 Å². The minimum absolute atomic E-state index is 0.0805. The summed E-state index contributed by atoms with van der Waals surface area (Å²) < 4.78 is 1.64. The lowest BCUT2D eigenvalue weighted by Crippen LogP contribution is -2.26. The second-order valence-electron chi connectivity index (χ2n) is 3.97. The standard InChI is InChI=1S/C13H10Cl2INOS/c1-7(11-4-5-12(15)19-11)17-13(18)8-2-3-10(16)9(14)6-8/h2-7H,1H3,(H,17,18). The predicted molar refractivity (Wildman–Crippen MR) is 89.4 cm³/mol. The molecule has 19 heavy (non-hydrogen) atoms. The molecular weight excluding hydrogens is 416 g/mol. The zero-order chi connectivity index (χ0) is 14.0. The molecule has 0 saturated heterocycles. The Kier molecular flexibility index (Phi) is 5.11. The summed E-state index contributed by atoms with van der Waals surface area (Å²) in [7, 11) is 0. The van der Waals surface area contributed by atoms with Gasteiger partial charge in [-0.05, 0) is 59.8 Å². The predicted octanol–water partition coefficient (Wildman–Crippen LogP) is 5.15. The van der Waals surface area contributed by atoms with Crippen LogP contribution in [0, 0.1) is 3.57 Å². The van der Waals surface area contributed by atoms with Crippen LogP contribution in [0.25, 0.3) is 0 Å². The highest BCUT2D eigenvalue weighted by atomic mass is 127. The van der Waals surface area contributed by atoms with Crippen molar-refractivity contribution < 1.29 is 4.79 Å². The van der Waals surface area contributed by atoms with Gasteiger partial charge < -0.3 is 5.32 Å². The van der Waals surface area contributed by atoms with E-state index in [0.717, 1.165) is 8.45 Å². The van der Waals surface area contributed by atoms with Gasteiger partial charge in [0, 0.05) is 14.0 Å². The molecule has 0 aliphatic carbocycles. The summed E-state index contributed by atoms with van der Waals surface area (Å²) in [6, 6.07) is 8.92. The first-order valence-electron chi connectivity index (χ1n) is 5.48. The van der Waals surface area contributed by atoms with Gasteiger partial charge >= 0.3 is 0 Å².